The maximum Gasteiger partial charge on any atom is 0.237 e. The molecule has 0 aliphatic heterocycles. The van der Waals surface area contributed by atoms with Crippen LogP contribution in [0.5, 0.6) is 0 Å². The number of thioether (sulfide) groups is 1. The quantitative estimate of drug-likeness (QED) is 0.558. The summed E-state index contributed by atoms with van der Waals surface area (Å²) < 4.78 is 13.9. The molecule has 27 heavy (non-hydrogen) atoms. The molecule has 0 saturated carbocycles. The minimum atomic E-state index is -0.333. The van der Waals surface area contributed by atoms with Gasteiger partial charge in [0, 0.05) is 11.4 Å². The molecule has 0 bridgehead atoms. The predicted octanol–water partition coefficient (Wildman–Crippen LogP) is 5.16. The van der Waals surface area contributed by atoms with Crippen LogP contribution in [0.15, 0.2) is 46.8 Å². The normalized spacial score (nSPS) is 11.9. The summed E-state index contributed by atoms with van der Waals surface area (Å²) in [7, 11) is 0. The Morgan fingerprint density at radius 1 is 1.19 bits per heavy atom. The Hall–Kier alpha value is -2.45. The van der Waals surface area contributed by atoms with Gasteiger partial charge in [-0.2, -0.15) is 0 Å². The van der Waals surface area contributed by atoms with Gasteiger partial charge in [0.2, 0.25) is 11.0 Å². The second-order valence-corrected chi connectivity index (χ2v) is 8.64. The highest BCUT2D eigenvalue weighted by Gasteiger charge is 2.18. The maximum atomic E-state index is 13.2. The summed E-state index contributed by atoms with van der Waals surface area (Å²) in [6.45, 7) is 5.77. The summed E-state index contributed by atoms with van der Waals surface area (Å²) in [5.41, 5.74) is 3.53. The van der Waals surface area contributed by atoms with E-state index in [1.165, 1.54) is 35.2 Å². The average molecular weight is 403 g/mol. The molecule has 0 aliphatic rings. The Labute approximate surface area is 165 Å². The van der Waals surface area contributed by atoms with Gasteiger partial charge in [0.1, 0.15) is 5.82 Å². The van der Waals surface area contributed by atoms with E-state index in [4.69, 9.17) is 0 Å². The highest BCUT2D eigenvalue weighted by atomic mass is 32.2. The zero-order chi connectivity index (χ0) is 19.4. The molecule has 3 aromatic rings. The highest BCUT2D eigenvalue weighted by molar-refractivity contribution is 8.02. The van der Waals surface area contributed by atoms with Crippen LogP contribution in [0.2, 0.25) is 0 Å². The van der Waals surface area contributed by atoms with Crippen molar-refractivity contribution in [3.63, 3.8) is 0 Å². The molecule has 0 saturated heterocycles. The highest BCUT2D eigenvalue weighted by Crippen LogP contribution is 2.31. The van der Waals surface area contributed by atoms with Crippen molar-refractivity contribution >= 4 is 45.5 Å². The molecular weight excluding hydrogens is 383 g/mol. The minimum Gasteiger partial charge on any atom is -0.330 e. The standard InChI is InChI=1S/C19H19FN4OS2/c1-11-7-8-12(2)16(9-11)22-17(25)13(3)26-19-24-23-18(27-19)21-15-6-4-5-14(20)10-15/h4-10,13H,1-3H3,(H,21,23)(H,22,25). The van der Waals surface area contributed by atoms with E-state index in [0.29, 0.717) is 15.2 Å². The van der Waals surface area contributed by atoms with Crippen LogP contribution < -0.4 is 10.6 Å². The van der Waals surface area contributed by atoms with Gasteiger partial charge < -0.3 is 10.6 Å². The van der Waals surface area contributed by atoms with Crippen LogP contribution in [0, 0.1) is 19.7 Å². The third kappa shape index (κ3) is 5.27. The molecular formula is C19H19FN4OS2. The number of rotatable bonds is 6. The Balaban J connectivity index is 1.60. The van der Waals surface area contributed by atoms with Crippen molar-refractivity contribution in [2.24, 2.45) is 0 Å². The molecule has 0 spiro atoms. The van der Waals surface area contributed by atoms with Crippen molar-refractivity contribution in [3.8, 4) is 0 Å². The summed E-state index contributed by atoms with van der Waals surface area (Å²) >= 11 is 2.65. The van der Waals surface area contributed by atoms with Crippen LogP contribution in [-0.2, 0) is 4.79 Å². The first-order valence-corrected chi connectivity index (χ1v) is 10.0. The second kappa shape index (κ2) is 8.49. The van der Waals surface area contributed by atoms with Gasteiger partial charge in [-0.3, -0.25) is 4.79 Å². The molecule has 2 N–H and O–H groups in total. The minimum absolute atomic E-state index is 0.0939. The molecule has 1 amide bonds. The van der Waals surface area contributed by atoms with Gasteiger partial charge in [-0.05, 0) is 56.2 Å². The predicted molar refractivity (Wildman–Crippen MR) is 109 cm³/mol. The number of halogens is 1. The molecule has 0 radical (unpaired) electrons. The molecule has 5 nitrogen and oxygen atoms in total. The van der Waals surface area contributed by atoms with E-state index in [0.717, 1.165) is 16.8 Å². The van der Waals surface area contributed by atoms with Crippen molar-refractivity contribution in [2.45, 2.75) is 30.4 Å². The molecule has 1 aromatic heterocycles. The fourth-order valence-electron chi connectivity index (χ4n) is 2.31. The van der Waals surface area contributed by atoms with E-state index < -0.39 is 0 Å². The first-order valence-electron chi connectivity index (χ1n) is 8.31. The number of aromatic nitrogens is 2. The number of hydrogen-bond donors (Lipinski definition) is 2. The van der Waals surface area contributed by atoms with Gasteiger partial charge in [-0.15, -0.1) is 10.2 Å². The number of nitrogens with one attached hydrogen (secondary N) is 2. The number of nitrogens with zero attached hydrogens (tertiary/aromatic N) is 2. The lowest BCUT2D eigenvalue weighted by Crippen LogP contribution is -2.22. The first-order chi connectivity index (χ1) is 12.9. The first kappa shape index (κ1) is 19.3. The molecule has 1 unspecified atom stereocenters. The summed E-state index contributed by atoms with van der Waals surface area (Å²) in [5, 5.41) is 14.3. The van der Waals surface area contributed by atoms with Gasteiger partial charge >= 0.3 is 0 Å². The largest absolute Gasteiger partial charge is 0.330 e. The molecule has 0 aliphatic carbocycles. The van der Waals surface area contributed by atoms with Crippen LogP contribution in [-0.4, -0.2) is 21.4 Å². The molecule has 3 rings (SSSR count). The van der Waals surface area contributed by atoms with Gasteiger partial charge in [-0.1, -0.05) is 41.3 Å². The van der Waals surface area contributed by atoms with Gasteiger partial charge in [0.05, 0.1) is 5.25 Å². The average Bonchev–Trinajstić information content (AvgIpc) is 3.05. The SMILES string of the molecule is Cc1ccc(C)c(NC(=O)C(C)Sc2nnc(Nc3cccc(F)c3)s2)c1. The van der Waals surface area contributed by atoms with Gasteiger partial charge in [-0.25, -0.2) is 4.39 Å². The lowest BCUT2D eigenvalue weighted by Gasteiger charge is -2.12. The van der Waals surface area contributed by atoms with Crippen molar-refractivity contribution in [3.05, 3.63) is 59.4 Å². The molecule has 1 atom stereocenters. The Morgan fingerprint density at radius 3 is 2.78 bits per heavy atom. The van der Waals surface area contributed by atoms with Gasteiger partial charge in [0.15, 0.2) is 4.34 Å². The number of carbonyl (C=O) groups excluding carboxylic acids is 1. The Kier molecular flexibility index (Phi) is 6.08. The maximum absolute atomic E-state index is 13.2. The monoisotopic (exact) mass is 402 g/mol. The van der Waals surface area contributed by atoms with Crippen LogP contribution >= 0.6 is 23.1 Å². The van der Waals surface area contributed by atoms with E-state index >= 15 is 0 Å². The van der Waals surface area contributed by atoms with Gasteiger partial charge in [0.25, 0.3) is 0 Å². The van der Waals surface area contributed by atoms with Crippen molar-refractivity contribution < 1.29 is 9.18 Å². The Bertz CT molecular complexity index is 960. The number of aryl methyl sites for hydroxylation is 2. The molecule has 8 heteroatoms. The summed E-state index contributed by atoms with van der Waals surface area (Å²) in [6.07, 6.45) is 0. The van der Waals surface area contributed by atoms with E-state index in [-0.39, 0.29) is 17.0 Å². The zero-order valence-electron chi connectivity index (χ0n) is 15.1. The second-order valence-electron chi connectivity index (χ2n) is 6.08. The number of benzene rings is 2. The van der Waals surface area contributed by atoms with Crippen LogP contribution in [0.1, 0.15) is 18.1 Å². The van der Waals surface area contributed by atoms with E-state index in [2.05, 4.69) is 20.8 Å². The third-order valence-electron chi connectivity index (χ3n) is 3.78. The van der Waals surface area contributed by atoms with Crippen LogP contribution in [0.3, 0.4) is 0 Å². The lowest BCUT2D eigenvalue weighted by atomic mass is 10.1. The smallest absolute Gasteiger partial charge is 0.237 e. The van der Waals surface area contributed by atoms with Crippen molar-refractivity contribution in [1.29, 1.82) is 0 Å². The zero-order valence-corrected chi connectivity index (χ0v) is 16.7. The summed E-state index contributed by atoms with van der Waals surface area (Å²) in [6, 6.07) is 12.1. The van der Waals surface area contributed by atoms with E-state index in [1.807, 2.05) is 39.0 Å². The number of anilines is 3. The fourth-order valence-corrected chi connectivity index (χ4v) is 4.22. The summed E-state index contributed by atoms with van der Waals surface area (Å²) in [4.78, 5) is 12.5. The van der Waals surface area contributed by atoms with E-state index in [9.17, 15) is 9.18 Å². The Morgan fingerprint density at radius 2 is 2.00 bits per heavy atom. The number of hydrogen-bond acceptors (Lipinski definition) is 6. The van der Waals surface area contributed by atoms with Crippen molar-refractivity contribution in [2.75, 3.05) is 10.6 Å². The lowest BCUT2D eigenvalue weighted by molar-refractivity contribution is -0.115. The molecule has 2 aromatic carbocycles. The third-order valence-corrected chi connectivity index (χ3v) is 5.80. The fraction of sp³-hybridized carbons (Fsp3) is 0.211. The van der Waals surface area contributed by atoms with Crippen LogP contribution in [0.4, 0.5) is 20.9 Å². The van der Waals surface area contributed by atoms with Crippen LogP contribution in [0.25, 0.3) is 0 Å². The van der Waals surface area contributed by atoms with E-state index in [1.54, 1.807) is 12.1 Å². The molecule has 0 fully saturated rings. The number of amides is 1. The van der Waals surface area contributed by atoms with Crippen molar-refractivity contribution in [1.82, 2.24) is 10.2 Å². The topological polar surface area (TPSA) is 66.9 Å². The number of carbonyl (C=O) groups is 1. The molecule has 140 valence electrons. The summed E-state index contributed by atoms with van der Waals surface area (Å²) in [5.74, 6) is -0.417. The molecule has 1 heterocycles.